The van der Waals surface area contributed by atoms with Crippen LogP contribution in [0.25, 0.3) is 10.9 Å². The molecule has 47 heavy (non-hydrogen) atoms. The van der Waals surface area contributed by atoms with Gasteiger partial charge in [-0.15, -0.1) is 6.42 Å². The van der Waals surface area contributed by atoms with Crippen LogP contribution in [0.1, 0.15) is 42.5 Å². The molecule has 0 saturated carbocycles. The molecular formula is C32H24BrF6N3O5. The van der Waals surface area contributed by atoms with Gasteiger partial charge in [0, 0.05) is 16.7 Å². The summed E-state index contributed by atoms with van der Waals surface area (Å²) in [6.07, 6.45) is 5.53. The summed E-state index contributed by atoms with van der Waals surface area (Å²) in [7, 11) is 0. The van der Waals surface area contributed by atoms with Gasteiger partial charge in [-0.3, -0.25) is 14.2 Å². The lowest BCUT2D eigenvalue weighted by Crippen LogP contribution is -2.30. The Bertz CT molecular complexity index is 2010. The summed E-state index contributed by atoms with van der Waals surface area (Å²) < 4.78 is 94.8. The van der Waals surface area contributed by atoms with Crippen molar-refractivity contribution < 1.29 is 45.4 Å². The number of halogens is 7. The van der Waals surface area contributed by atoms with Crippen LogP contribution in [0.3, 0.4) is 0 Å². The Morgan fingerprint density at radius 3 is 2.19 bits per heavy atom. The second-order valence-corrected chi connectivity index (χ2v) is 12.0. The minimum Gasteiger partial charge on any atom is -0.443 e. The van der Waals surface area contributed by atoms with E-state index in [9.17, 15) is 36.3 Å². The number of esters is 2. The fourth-order valence-electron chi connectivity index (χ4n) is 4.25. The zero-order valence-electron chi connectivity index (χ0n) is 25.1. The van der Waals surface area contributed by atoms with Gasteiger partial charge in [-0.1, -0.05) is 21.9 Å². The van der Waals surface area contributed by atoms with Crippen molar-refractivity contribution in [1.82, 2.24) is 9.55 Å². The number of fused-ring (bicyclic) bond motifs is 1. The molecule has 3 aromatic carbocycles. The maximum Gasteiger partial charge on any atom is 0.346 e. The van der Waals surface area contributed by atoms with Crippen molar-refractivity contribution in [1.29, 1.82) is 0 Å². The maximum absolute atomic E-state index is 15.1. The number of terminal acetylenes is 1. The molecule has 4 rings (SSSR count). The molecule has 0 fully saturated rings. The van der Waals surface area contributed by atoms with E-state index in [2.05, 4.69) is 31.6 Å². The molecule has 0 radical (unpaired) electrons. The predicted molar refractivity (Wildman–Crippen MR) is 161 cm³/mol. The Kier molecular flexibility index (Phi) is 10.0. The van der Waals surface area contributed by atoms with E-state index in [0.717, 1.165) is 12.1 Å². The topological polar surface area (TPSA) is 90.7 Å². The average Bonchev–Trinajstić information content (AvgIpc) is 3.00. The number of aryl methyl sites for hydroxylation is 1. The van der Waals surface area contributed by atoms with Crippen LogP contribution in [0.2, 0.25) is 0 Å². The van der Waals surface area contributed by atoms with Gasteiger partial charge in [0.2, 0.25) is 34.8 Å². The van der Waals surface area contributed by atoms with Crippen LogP contribution < -0.4 is 15.2 Å². The SMILES string of the molecule is C#CCN(Cc1cc2c(=O)n(COC(=O)C(C)(C)C)c(C)nc2cc1Br)c1ccc(C(=O)Oc2c(F)c(F)c(F)c(F)c2F)c(F)c1. The summed E-state index contributed by atoms with van der Waals surface area (Å²) in [5, 5.41) is 0.179. The van der Waals surface area contributed by atoms with Crippen LogP contribution in [0.15, 0.2) is 39.6 Å². The monoisotopic (exact) mass is 723 g/mol. The minimum atomic E-state index is -2.46. The third-order valence-corrected chi connectivity index (χ3v) is 7.53. The lowest BCUT2D eigenvalue weighted by Gasteiger charge is -2.24. The minimum absolute atomic E-state index is 0.0131. The van der Waals surface area contributed by atoms with Crippen molar-refractivity contribution in [3.63, 3.8) is 0 Å². The second kappa shape index (κ2) is 13.5. The highest BCUT2D eigenvalue weighted by Gasteiger charge is 2.30. The molecule has 0 bridgehead atoms. The van der Waals surface area contributed by atoms with Gasteiger partial charge in [-0.2, -0.15) is 8.78 Å². The summed E-state index contributed by atoms with van der Waals surface area (Å²) in [6.45, 7) is 6.11. The van der Waals surface area contributed by atoms with Crippen LogP contribution in [-0.4, -0.2) is 28.0 Å². The quantitative estimate of drug-likeness (QED) is 0.0499. The maximum atomic E-state index is 15.1. The standard InChI is InChI=1S/C32H24BrF6N3O5/c1-6-9-41(17-7-8-18(21(34)11-17)30(44)47-28-26(38)24(36)23(35)25(37)27(28)39)13-16-10-19-22(12-20(16)33)40-15(2)42(29(19)43)14-46-31(45)32(3,4)5/h1,7-8,10-12H,9,13-14H2,2-5H3. The van der Waals surface area contributed by atoms with Crippen LogP contribution in [0.4, 0.5) is 32.0 Å². The van der Waals surface area contributed by atoms with Gasteiger partial charge in [0.05, 0.1) is 28.4 Å². The number of nitrogens with zero attached hydrogens (tertiary/aromatic N) is 3. The van der Waals surface area contributed by atoms with E-state index in [1.807, 2.05) is 0 Å². The van der Waals surface area contributed by atoms with Crippen LogP contribution >= 0.6 is 15.9 Å². The van der Waals surface area contributed by atoms with Gasteiger partial charge in [0.1, 0.15) is 11.6 Å². The summed E-state index contributed by atoms with van der Waals surface area (Å²) >= 11 is 3.44. The third-order valence-electron chi connectivity index (χ3n) is 6.80. The lowest BCUT2D eigenvalue weighted by atomic mass is 9.98. The zero-order chi connectivity index (χ0) is 35.0. The number of hydrogen-bond acceptors (Lipinski definition) is 7. The van der Waals surface area contributed by atoms with Gasteiger partial charge >= 0.3 is 11.9 Å². The zero-order valence-corrected chi connectivity index (χ0v) is 26.7. The first-order chi connectivity index (χ1) is 22.0. The molecule has 8 nitrogen and oxygen atoms in total. The number of ether oxygens (including phenoxy) is 2. The lowest BCUT2D eigenvalue weighted by molar-refractivity contribution is -0.157. The van der Waals surface area contributed by atoms with Gasteiger partial charge < -0.3 is 14.4 Å². The van der Waals surface area contributed by atoms with E-state index in [1.54, 1.807) is 33.8 Å². The van der Waals surface area contributed by atoms with E-state index in [4.69, 9.17) is 11.2 Å². The molecule has 15 heteroatoms. The molecule has 246 valence electrons. The van der Waals surface area contributed by atoms with Crippen LogP contribution in [0, 0.1) is 59.6 Å². The van der Waals surface area contributed by atoms with Crippen molar-refractivity contribution in [3.8, 4) is 18.1 Å². The molecule has 0 aliphatic heterocycles. The normalized spacial score (nSPS) is 11.4. The molecular weight excluding hydrogens is 700 g/mol. The van der Waals surface area contributed by atoms with Gasteiger partial charge in [0.15, 0.2) is 6.73 Å². The number of hydrogen-bond donors (Lipinski definition) is 0. The van der Waals surface area contributed by atoms with Crippen molar-refractivity contribution in [2.75, 3.05) is 11.4 Å². The van der Waals surface area contributed by atoms with E-state index in [-0.39, 0.29) is 30.9 Å². The largest absolute Gasteiger partial charge is 0.443 e. The van der Waals surface area contributed by atoms with E-state index in [0.29, 0.717) is 21.4 Å². The molecule has 0 unspecified atom stereocenters. The Balaban J connectivity index is 1.64. The van der Waals surface area contributed by atoms with E-state index >= 15 is 4.39 Å². The summed E-state index contributed by atoms with van der Waals surface area (Å²) in [5.74, 6) is -14.7. The van der Waals surface area contributed by atoms with E-state index in [1.165, 1.54) is 21.6 Å². The first kappa shape index (κ1) is 35.0. The Labute approximate surface area is 272 Å². The van der Waals surface area contributed by atoms with Gasteiger partial charge in [-0.05, 0) is 63.6 Å². The smallest absolute Gasteiger partial charge is 0.346 e. The number of anilines is 1. The first-order valence-electron chi connectivity index (χ1n) is 13.5. The molecule has 1 aromatic heterocycles. The molecule has 4 aromatic rings. The third kappa shape index (κ3) is 7.12. The number of aromatic nitrogens is 2. The number of carbonyl (C=O) groups is 2. The summed E-state index contributed by atoms with van der Waals surface area (Å²) in [4.78, 5) is 44.1. The van der Waals surface area contributed by atoms with Crippen molar-refractivity contribution in [2.24, 2.45) is 5.41 Å². The van der Waals surface area contributed by atoms with Crippen molar-refractivity contribution >= 4 is 44.5 Å². The Morgan fingerprint density at radius 1 is 1.00 bits per heavy atom. The molecule has 0 amide bonds. The van der Waals surface area contributed by atoms with Crippen molar-refractivity contribution in [2.45, 2.75) is 41.0 Å². The van der Waals surface area contributed by atoms with Gasteiger partial charge in [0.25, 0.3) is 5.56 Å². The number of benzene rings is 3. The van der Waals surface area contributed by atoms with E-state index < -0.39 is 69.1 Å². The van der Waals surface area contributed by atoms with Crippen molar-refractivity contribution in [3.05, 3.63) is 97.0 Å². The second-order valence-electron chi connectivity index (χ2n) is 11.2. The Hall–Kier alpha value is -4.84. The molecule has 0 aliphatic carbocycles. The van der Waals surface area contributed by atoms with Gasteiger partial charge in [-0.25, -0.2) is 27.3 Å². The molecule has 0 spiro atoms. The molecule has 1 heterocycles. The fourth-order valence-corrected chi connectivity index (χ4v) is 4.71. The fraction of sp³-hybridized carbons (Fsp3) is 0.250. The highest BCUT2D eigenvalue weighted by Crippen LogP contribution is 2.31. The van der Waals surface area contributed by atoms with Crippen LogP contribution in [0.5, 0.6) is 5.75 Å². The Morgan fingerprint density at radius 2 is 1.62 bits per heavy atom. The first-order valence-corrected chi connectivity index (χ1v) is 14.3. The van der Waals surface area contributed by atoms with Crippen LogP contribution in [-0.2, 0) is 22.8 Å². The summed E-state index contributed by atoms with van der Waals surface area (Å²) in [6, 6.07) is 6.07. The molecule has 0 N–H and O–H groups in total. The number of carbonyl (C=O) groups excluding carboxylic acids is 2. The molecule has 0 saturated heterocycles. The molecule has 0 atom stereocenters. The number of rotatable bonds is 8. The summed E-state index contributed by atoms with van der Waals surface area (Å²) in [5.41, 5.74) is -1.20. The highest BCUT2D eigenvalue weighted by atomic mass is 79.9. The highest BCUT2D eigenvalue weighted by molar-refractivity contribution is 9.10. The predicted octanol–water partition coefficient (Wildman–Crippen LogP) is 6.71. The molecule has 0 aliphatic rings. The average molecular weight is 724 g/mol.